The second-order valence-electron chi connectivity index (χ2n) is 10.4. The van der Waals surface area contributed by atoms with E-state index in [0.29, 0.717) is 0 Å². The summed E-state index contributed by atoms with van der Waals surface area (Å²) in [6.45, 7) is 0. The molecule has 0 amide bonds. The van der Waals surface area contributed by atoms with Crippen molar-refractivity contribution in [3.05, 3.63) is 133 Å². The third kappa shape index (κ3) is 2.50. The van der Waals surface area contributed by atoms with Gasteiger partial charge in [-0.1, -0.05) is 133 Å². The lowest BCUT2D eigenvalue weighted by atomic mass is 9.84. The molecule has 0 aliphatic heterocycles. The zero-order valence-electron chi connectivity index (χ0n) is 20.7. The maximum atomic E-state index is 2.37. The molecule has 0 aliphatic rings. The predicted octanol–water partition coefficient (Wildman–Crippen LogP) is 10.9. The van der Waals surface area contributed by atoms with Gasteiger partial charge in [0, 0.05) is 0 Å². The minimum absolute atomic E-state index is 1.28. The Morgan fingerprint density at radius 3 is 0.868 bits per heavy atom. The number of rotatable bonds is 0. The van der Waals surface area contributed by atoms with Gasteiger partial charge in [-0.3, -0.25) is 0 Å². The van der Waals surface area contributed by atoms with Gasteiger partial charge in [-0.25, -0.2) is 0 Å². The molecule has 0 unspecified atom stereocenters. The van der Waals surface area contributed by atoms with Gasteiger partial charge in [0.25, 0.3) is 0 Å². The quantitative estimate of drug-likeness (QED) is 0.190. The molecule has 0 bridgehead atoms. The van der Waals surface area contributed by atoms with Crippen LogP contribution < -0.4 is 0 Å². The zero-order valence-corrected chi connectivity index (χ0v) is 20.7. The molecule has 0 spiro atoms. The highest BCUT2D eigenvalue weighted by Gasteiger charge is 2.18. The van der Waals surface area contributed by atoms with Gasteiger partial charge < -0.3 is 0 Å². The van der Waals surface area contributed by atoms with Gasteiger partial charge in [-0.2, -0.15) is 0 Å². The third-order valence-electron chi connectivity index (χ3n) is 8.58. The Labute approximate surface area is 219 Å². The first-order valence-corrected chi connectivity index (χ1v) is 13.3. The predicted molar refractivity (Wildman–Crippen MR) is 166 cm³/mol. The van der Waals surface area contributed by atoms with Crippen LogP contribution in [0.2, 0.25) is 0 Å². The Morgan fingerprint density at radius 2 is 0.474 bits per heavy atom. The molecule has 0 N–H and O–H groups in total. The smallest absolute Gasteiger partial charge is 0.000741 e. The second-order valence-corrected chi connectivity index (χ2v) is 10.4. The maximum absolute atomic E-state index is 2.37. The lowest BCUT2D eigenvalue weighted by molar-refractivity contribution is 1.78. The fourth-order valence-corrected chi connectivity index (χ4v) is 7.01. The van der Waals surface area contributed by atoms with Crippen molar-refractivity contribution in [3.8, 4) is 0 Å². The summed E-state index contributed by atoms with van der Waals surface area (Å²) in [5.74, 6) is 0. The molecule has 0 heteroatoms. The molecular formula is C38H22. The summed E-state index contributed by atoms with van der Waals surface area (Å²) in [6, 6.07) is 49.5. The molecule has 0 radical (unpaired) electrons. The Morgan fingerprint density at radius 1 is 0.184 bits per heavy atom. The molecule has 0 nitrogen and oxygen atoms in total. The molecule has 0 saturated carbocycles. The number of hydrogen-bond donors (Lipinski definition) is 0. The molecule has 9 aromatic carbocycles. The summed E-state index contributed by atoms with van der Waals surface area (Å²) in [5, 5.41) is 21.2. The lowest BCUT2D eigenvalue weighted by Crippen LogP contribution is -1.90. The second kappa shape index (κ2) is 7.31. The van der Waals surface area contributed by atoms with Crippen LogP contribution in [0.3, 0.4) is 0 Å². The van der Waals surface area contributed by atoms with Gasteiger partial charge in [0.2, 0.25) is 0 Å². The van der Waals surface area contributed by atoms with Crippen molar-refractivity contribution < 1.29 is 0 Å². The Hall–Kier alpha value is -4.94. The molecule has 0 atom stereocenters. The van der Waals surface area contributed by atoms with Crippen molar-refractivity contribution >= 4 is 86.2 Å². The molecule has 0 heterocycles. The van der Waals surface area contributed by atoms with E-state index in [2.05, 4.69) is 133 Å². The van der Waals surface area contributed by atoms with Crippen LogP contribution in [0.25, 0.3) is 86.2 Å². The van der Waals surface area contributed by atoms with E-state index in [1.54, 1.807) is 0 Å². The van der Waals surface area contributed by atoms with E-state index < -0.39 is 0 Å². The van der Waals surface area contributed by atoms with Crippen molar-refractivity contribution in [2.24, 2.45) is 0 Å². The van der Waals surface area contributed by atoms with E-state index in [4.69, 9.17) is 0 Å². The van der Waals surface area contributed by atoms with Crippen LogP contribution in [0.4, 0.5) is 0 Å². The molecule has 38 heavy (non-hydrogen) atoms. The Balaban J connectivity index is 1.75. The first-order valence-electron chi connectivity index (χ1n) is 13.3. The molecule has 0 aromatic heterocycles. The van der Waals surface area contributed by atoms with Crippen LogP contribution in [0.1, 0.15) is 0 Å². The standard InChI is InChI=1S/C38H22/c1-3-11-25-23(9-1)17-19-31-27-13-5-7-15-29(27)33-21-22-34-30-16-8-6-14-28(30)32-20-18-24-10-2-4-12-26(24)36(32)38(34)37(33)35(25)31/h1-22H. The highest BCUT2D eigenvalue weighted by atomic mass is 14.2. The molecule has 0 aliphatic carbocycles. The van der Waals surface area contributed by atoms with Crippen LogP contribution in [0.5, 0.6) is 0 Å². The van der Waals surface area contributed by atoms with Crippen molar-refractivity contribution in [2.45, 2.75) is 0 Å². The van der Waals surface area contributed by atoms with E-state index >= 15 is 0 Å². The SMILES string of the molecule is c1ccc2c(c1)ccc1c3ccccc3c3ccc4c5ccccc5c5ccc6ccccc6c5c4c3c21. The van der Waals surface area contributed by atoms with E-state index in [9.17, 15) is 0 Å². The van der Waals surface area contributed by atoms with Crippen LogP contribution in [-0.4, -0.2) is 0 Å². The van der Waals surface area contributed by atoms with Gasteiger partial charge in [0.15, 0.2) is 0 Å². The van der Waals surface area contributed by atoms with Gasteiger partial charge in [-0.05, 0) is 86.2 Å². The van der Waals surface area contributed by atoms with Crippen LogP contribution in [0.15, 0.2) is 133 Å². The van der Waals surface area contributed by atoms with Crippen LogP contribution in [0, 0.1) is 0 Å². The minimum atomic E-state index is 1.28. The summed E-state index contributed by atoms with van der Waals surface area (Å²) in [6.07, 6.45) is 0. The number of fused-ring (bicyclic) bond motifs is 17. The lowest BCUT2D eigenvalue weighted by Gasteiger charge is -2.18. The molecule has 174 valence electrons. The fraction of sp³-hybridized carbons (Fsp3) is 0. The monoisotopic (exact) mass is 478 g/mol. The maximum Gasteiger partial charge on any atom is -0.000741 e. The molecule has 0 fully saturated rings. The van der Waals surface area contributed by atoms with Crippen molar-refractivity contribution in [2.75, 3.05) is 0 Å². The van der Waals surface area contributed by atoms with Crippen LogP contribution >= 0.6 is 0 Å². The van der Waals surface area contributed by atoms with Gasteiger partial charge >= 0.3 is 0 Å². The fourth-order valence-electron chi connectivity index (χ4n) is 7.01. The largest absolute Gasteiger partial charge is 0.0616 e. The van der Waals surface area contributed by atoms with Crippen molar-refractivity contribution in [1.82, 2.24) is 0 Å². The number of hydrogen-bond acceptors (Lipinski definition) is 0. The van der Waals surface area contributed by atoms with E-state index in [0.717, 1.165) is 0 Å². The van der Waals surface area contributed by atoms with E-state index in [1.165, 1.54) is 86.2 Å². The summed E-state index contributed by atoms with van der Waals surface area (Å²) in [5.41, 5.74) is 0. The third-order valence-corrected chi connectivity index (χ3v) is 8.58. The highest BCUT2D eigenvalue weighted by Crippen LogP contribution is 2.47. The first kappa shape index (κ1) is 20.2. The summed E-state index contributed by atoms with van der Waals surface area (Å²) < 4.78 is 0. The van der Waals surface area contributed by atoms with Gasteiger partial charge in [-0.15, -0.1) is 0 Å². The van der Waals surface area contributed by atoms with Crippen molar-refractivity contribution in [3.63, 3.8) is 0 Å². The molecule has 9 rings (SSSR count). The Bertz CT molecular complexity index is 2270. The number of benzene rings is 9. The van der Waals surface area contributed by atoms with E-state index in [-0.39, 0.29) is 0 Å². The van der Waals surface area contributed by atoms with Crippen molar-refractivity contribution in [1.29, 1.82) is 0 Å². The van der Waals surface area contributed by atoms with Gasteiger partial charge in [0.1, 0.15) is 0 Å². The molecule has 9 aromatic rings. The highest BCUT2D eigenvalue weighted by molar-refractivity contribution is 6.44. The zero-order chi connectivity index (χ0) is 24.8. The minimum Gasteiger partial charge on any atom is -0.0616 e. The van der Waals surface area contributed by atoms with Crippen LogP contribution in [-0.2, 0) is 0 Å². The first-order chi connectivity index (χ1) is 18.9. The Kier molecular flexibility index (Phi) is 3.88. The summed E-state index contributed by atoms with van der Waals surface area (Å²) in [7, 11) is 0. The topological polar surface area (TPSA) is 0 Å². The summed E-state index contributed by atoms with van der Waals surface area (Å²) >= 11 is 0. The van der Waals surface area contributed by atoms with E-state index in [1.807, 2.05) is 0 Å². The average molecular weight is 479 g/mol. The normalized spacial score (nSPS) is 12.2. The molecular weight excluding hydrogens is 456 g/mol. The molecule has 0 saturated heterocycles. The average Bonchev–Trinajstić information content (AvgIpc) is 3.00. The summed E-state index contributed by atoms with van der Waals surface area (Å²) in [4.78, 5) is 0. The van der Waals surface area contributed by atoms with Gasteiger partial charge in [0.05, 0.1) is 0 Å².